The Kier molecular flexibility index (Phi) is 4.56. The van der Waals surface area contributed by atoms with E-state index in [1.54, 1.807) is 7.11 Å². The van der Waals surface area contributed by atoms with E-state index < -0.39 is 15.9 Å². The molecule has 0 radical (unpaired) electrons. The molecule has 5 rings (SSSR count). The SMILES string of the molecule is COC[C@@H]1Cn2ncc(S(N)(=O)=NC(=O)Nc3c4c(c(F)c5c3CC5)CCC4)c2O1. The zero-order valence-corrected chi connectivity index (χ0v) is 17.3. The predicted octanol–water partition coefficient (Wildman–Crippen LogP) is 1.95. The minimum Gasteiger partial charge on any atom is -0.469 e. The Labute approximate surface area is 173 Å². The fourth-order valence-electron chi connectivity index (χ4n) is 4.44. The van der Waals surface area contributed by atoms with Crippen LogP contribution < -0.4 is 15.2 Å². The van der Waals surface area contributed by atoms with E-state index in [1.807, 2.05) is 0 Å². The molecule has 11 heteroatoms. The largest absolute Gasteiger partial charge is 0.469 e. The van der Waals surface area contributed by atoms with E-state index in [4.69, 9.17) is 14.6 Å². The summed E-state index contributed by atoms with van der Waals surface area (Å²) < 4.78 is 43.7. The highest BCUT2D eigenvalue weighted by molar-refractivity contribution is 7.91. The van der Waals surface area contributed by atoms with Gasteiger partial charge in [-0.25, -0.2) is 23.2 Å². The van der Waals surface area contributed by atoms with Crippen molar-refractivity contribution in [2.75, 3.05) is 19.0 Å². The molecule has 0 bridgehead atoms. The number of carbonyl (C=O) groups is 1. The molecule has 0 spiro atoms. The fraction of sp³-hybridized carbons (Fsp3) is 0.474. The molecule has 1 aliphatic heterocycles. The number of aromatic nitrogens is 2. The lowest BCUT2D eigenvalue weighted by Gasteiger charge is -2.26. The lowest BCUT2D eigenvalue weighted by Crippen LogP contribution is -2.23. The molecular formula is C19H22FN5O4S. The van der Waals surface area contributed by atoms with Gasteiger partial charge in [0.1, 0.15) is 16.8 Å². The molecule has 9 nitrogen and oxygen atoms in total. The number of nitrogens with zero attached hydrogens (tertiary/aromatic N) is 3. The quantitative estimate of drug-likeness (QED) is 0.760. The number of ether oxygens (including phenoxy) is 2. The summed E-state index contributed by atoms with van der Waals surface area (Å²) in [5.41, 5.74) is 3.55. The summed E-state index contributed by atoms with van der Waals surface area (Å²) in [6.07, 6.45) is 4.57. The van der Waals surface area contributed by atoms with E-state index >= 15 is 0 Å². The second-order valence-electron chi connectivity index (χ2n) is 7.74. The molecule has 3 N–H and O–H groups in total. The average Bonchev–Trinajstić information content (AvgIpc) is 3.34. The fourth-order valence-corrected chi connectivity index (χ4v) is 5.43. The molecule has 0 saturated heterocycles. The average molecular weight is 435 g/mol. The van der Waals surface area contributed by atoms with Crippen LogP contribution in [0.3, 0.4) is 0 Å². The van der Waals surface area contributed by atoms with Crippen molar-refractivity contribution in [2.45, 2.75) is 49.6 Å². The highest BCUT2D eigenvalue weighted by Crippen LogP contribution is 2.42. The summed E-state index contributed by atoms with van der Waals surface area (Å²) in [5, 5.41) is 12.8. The summed E-state index contributed by atoms with van der Waals surface area (Å²) in [5.74, 6) is 0.0902. The normalized spacial score (nSPS) is 20.4. The number of anilines is 1. The number of rotatable bonds is 4. The van der Waals surface area contributed by atoms with E-state index in [0.717, 1.165) is 17.5 Å². The third-order valence-electron chi connectivity index (χ3n) is 5.87. The molecule has 1 unspecified atom stereocenters. The number of nitrogens with one attached hydrogen (secondary N) is 1. The Bertz CT molecular complexity index is 1180. The molecule has 2 aliphatic carbocycles. The number of methoxy groups -OCH3 is 1. The lowest BCUT2D eigenvalue weighted by atomic mass is 9.83. The van der Waals surface area contributed by atoms with Gasteiger partial charge in [-0.1, -0.05) is 0 Å². The van der Waals surface area contributed by atoms with Gasteiger partial charge in [-0.2, -0.15) is 5.10 Å². The second-order valence-corrected chi connectivity index (χ2v) is 9.50. The van der Waals surface area contributed by atoms with Crippen molar-refractivity contribution < 1.29 is 22.9 Å². The molecule has 160 valence electrons. The number of urea groups is 1. The first-order valence-electron chi connectivity index (χ1n) is 9.81. The summed E-state index contributed by atoms with van der Waals surface area (Å²) in [6, 6.07) is -0.830. The predicted molar refractivity (Wildman–Crippen MR) is 106 cm³/mol. The van der Waals surface area contributed by atoms with Crippen LogP contribution in [0.15, 0.2) is 15.5 Å². The number of amides is 2. The number of fused-ring (bicyclic) bond motifs is 3. The molecule has 0 saturated carbocycles. The van der Waals surface area contributed by atoms with Gasteiger partial charge < -0.3 is 14.8 Å². The smallest absolute Gasteiger partial charge is 0.354 e. The molecule has 2 heterocycles. The van der Waals surface area contributed by atoms with Crippen LogP contribution in [0.5, 0.6) is 5.88 Å². The third kappa shape index (κ3) is 2.99. The number of nitrogens with two attached hydrogens (primary N) is 1. The van der Waals surface area contributed by atoms with Crippen LogP contribution in [0.4, 0.5) is 14.9 Å². The van der Waals surface area contributed by atoms with Gasteiger partial charge in [0.2, 0.25) is 5.88 Å². The van der Waals surface area contributed by atoms with Crippen LogP contribution in [0.25, 0.3) is 0 Å². The maximum Gasteiger partial charge on any atom is 0.354 e. The minimum atomic E-state index is -3.59. The second kappa shape index (κ2) is 7.03. The number of benzene rings is 1. The summed E-state index contributed by atoms with van der Waals surface area (Å²) in [7, 11) is -2.03. The van der Waals surface area contributed by atoms with Gasteiger partial charge in [0.25, 0.3) is 0 Å². The zero-order valence-electron chi connectivity index (χ0n) is 16.4. The first-order valence-corrected chi connectivity index (χ1v) is 11.4. The van der Waals surface area contributed by atoms with Crippen LogP contribution in [0.1, 0.15) is 28.7 Å². The third-order valence-corrected chi connectivity index (χ3v) is 7.22. The van der Waals surface area contributed by atoms with Gasteiger partial charge in [0.05, 0.1) is 19.3 Å². The van der Waals surface area contributed by atoms with Gasteiger partial charge >= 0.3 is 6.03 Å². The van der Waals surface area contributed by atoms with E-state index in [0.29, 0.717) is 55.6 Å². The van der Waals surface area contributed by atoms with E-state index in [-0.39, 0.29) is 22.7 Å². The number of carbonyl (C=O) groups excluding carboxylic acids is 1. The summed E-state index contributed by atoms with van der Waals surface area (Å²) in [6.45, 7) is 0.770. The lowest BCUT2D eigenvalue weighted by molar-refractivity contribution is 0.0920. The highest BCUT2D eigenvalue weighted by atomic mass is 32.2. The first kappa shape index (κ1) is 19.5. The molecule has 3 aliphatic rings. The first-order chi connectivity index (χ1) is 14.4. The Morgan fingerprint density at radius 2 is 2.07 bits per heavy atom. The van der Waals surface area contributed by atoms with Crippen molar-refractivity contribution in [3.05, 3.63) is 34.3 Å². The van der Waals surface area contributed by atoms with Crippen molar-refractivity contribution in [1.29, 1.82) is 0 Å². The van der Waals surface area contributed by atoms with Crippen LogP contribution >= 0.6 is 0 Å². The molecule has 1 aromatic carbocycles. The van der Waals surface area contributed by atoms with Crippen molar-refractivity contribution >= 4 is 21.6 Å². The topological polar surface area (TPSA) is 121 Å². The number of hydrogen-bond donors (Lipinski definition) is 2. The van der Waals surface area contributed by atoms with Crippen LogP contribution in [0.2, 0.25) is 0 Å². The summed E-state index contributed by atoms with van der Waals surface area (Å²) in [4.78, 5) is 12.7. The molecule has 30 heavy (non-hydrogen) atoms. The molecule has 2 amide bonds. The van der Waals surface area contributed by atoms with E-state index in [2.05, 4.69) is 14.8 Å². The van der Waals surface area contributed by atoms with Crippen molar-refractivity contribution in [1.82, 2.24) is 9.78 Å². The Balaban J connectivity index is 1.44. The maximum absolute atomic E-state index is 14.6. The maximum atomic E-state index is 14.6. The standard InChI is InChI=1S/C19H22FN5O4S/c1-28-9-10-8-25-18(29-10)15(7-22-25)30(21,27)24-19(26)23-17-13-4-2-3-11(13)16(20)12-5-6-14(12)17/h7,10H,2-6,8-9H2,1H3,(H3,21,23,24,26,27)/t10-,30?/m0/s1. The van der Waals surface area contributed by atoms with Crippen LogP contribution in [-0.4, -0.2) is 39.8 Å². The molecule has 2 aromatic rings. The van der Waals surface area contributed by atoms with Gasteiger partial charge in [-0.05, 0) is 54.4 Å². The van der Waals surface area contributed by atoms with Crippen molar-refractivity contribution in [3.8, 4) is 5.88 Å². The zero-order chi connectivity index (χ0) is 21.0. The molecule has 1 aromatic heterocycles. The van der Waals surface area contributed by atoms with Crippen LogP contribution in [0, 0.1) is 5.82 Å². The minimum absolute atomic E-state index is 0.0635. The van der Waals surface area contributed by atoms with E-state index in [1.165, 1.54) is 10.9 Å². The Morgan fingerprint density at radius 3 is 2.80 bits per heavy atom. The van der Waals surface area contributed by atoms with Crippen molar-refractivity contribution in [3.63, 3.8) is 0 Å². The molecular weight excluding hydrogens is 413 g/mol. The molecule has 2 atom stereocenters. The Hall–Kier alpha value is -2.50. The monoisotopic (exact) mass is 435 g/mol. The van der Waals surface area contributed by atoms with Gasteiger partial charge in [0, 0.05) is 12.8 Å². The van der Waals surface area contributed by atoms with Gasteiger partial charge in [0.15, 0.2) is 9.92 Å². The van der Waals surface area contributed by atoms with Gasteiger partial charge in [-0.15, -0.1) is 4.36 Å². The number of halogens is 1. The van der Waals surface area contributed by atoms with E-state index in [9.17, 15) is 13.4 Å². The summed E-state index contributed by atoms with van der Waals surface area (Å²) >= 11 is 0. The van der Waals surface area contributed by atoms with Crippen LogP contribution in [-0.2, 0) is 46.9 Å². The van der Waals surface area contributed by atoms with Crippen molar-refractivity contribution in [2.24, 2.45) is 9.50 Å². The highest BCUT2D eigenvalue weighted by Gasteiger charge is 2.33. The van der Waals surface area contributed by atoms with Gasteiger partial charge in [-0.3, -0.25) is 0 Å². The number of hydrogen-bond acceptors (Lipinski definition) is 5. The molecule has 0 fully saturated rings. The Morgan fingerprint density at radius 1 is 1.37 bits per heavy atom.